The average Bonchev–Trinajstić information content (AvgIpc) is 3.18. The lowest BCUT2D eigenvalue weighted by atomic mass is 10.1. The molecule has 0 aliphatic heterocycles. The van der Waals surface area contributed by atoms with Crippen molar-refractivity contribution >= 4 is 17.5 Å². The number of carbonyl (C=O) groups excluding carboxylic acids is 1. The molecule has 0 saturated heterocycles. The number of aromatic nitrogens is 2. The molecule has 3 aromatic rings. The summed E-state index contributed by atoms with van der Waals surface area (Å²) in [5, 5.41) is 7.56. The summed E-state index contributed by atoms with van der Waals surface area (Å²) >= 11 is 5.82. The molecule has 5 nitrogen and oxygen atoms in total. The Kier molecular flexibility index (Phi) is 4.48. The van der Waals surface area contributed by atoms with Crippen LogP contribution in [0.15, 0.2) is 59.3 Å². The maximum Gasteiger partial charge on any atom is 0.287 e. The number of halogens is 1. The molecule has 0 fully saturated rings. The summed E-state index contributed by atoms with van der Waals surface area (Å²) in [5.74, 6) is 0.675. The number of amides is 1. The number of hydrogen-bond donors (Lipinski definition) is 1. The van der Waals surface area contributed by atoms with E-state index in [-0.39, 0.29) is 17.7 Å². The van der Waals surface area contributed by atoms with Gasteiger partial charge in [-0.3, -0.25) is 9.48 Å². The Hall–Kier alpha value is -2.53. The zero-order valence-corrected chi connectivity index (χ0v) is 13.3. The molecule has 23 heavy (non-hydrogen) atoms. The first-order chi connectivity index (χ1) is 11.1. The summed E-state index contributed by atoms with van der Waals surface area (Å²) in [6, 6.07) is 13.1. The van der Waals surface area contributed by atoms with E-state index in [1.165, 1.54) is 0 Å². The first-order valence-electron chi connectivity index (χ1n) is 7.24. The first-order valence-corrected chi connectivity index (χ1v) is 7.62. The zero-order chi connectivity index (χ0) is 16.2. The van der Waals surface area contributed by atoms with Gasteiger partial charge in [-0.15, -0.1) is 0 Å². The van der Waals surface area contributed by atoms with Crippen LogP contribution in [0.3, 0.4) is 0 Å². The number of furan rings is 1. The molecular weight excluding hydrogens is 314 g/mol. The lowest BCUT2D eigenvalue weighted by Crippen LogP contribution is -2.26. The number of benzene rings is 1. The molecular formula is C17H16ClN3O2. The SMILES string of the molecule is C[C@H](NC(=O)c1ccc(Cn2cc(Cl)cn2)o1)c1ccccc1. The molecule has 3 rings (SSSR count). The maximum absolute atomic E-state index is 12.2. The highest BCUT2D eigenvalue weighted by Crippen LogP contribution is 2.15. The van der Waals surface area contributed by atoms with Gasteiger partial charge in [0.25, 0.3) is 5.91 Å². The van der Waals surface area contributed by atoms with Gasteiger partial charge in [0.05, 0.1) is 23.8 Å². The molecule has 1 atom stereocenters. The molecule has 118 valence electrons. The van der Waals surface area contributed by atoms with Crippen LogP contribution in [0, 0.1) is 0 Å². The highest BCUT2D eigenvalue weighted by Gasteiger charge is 2.15. The Balaban J connectivity index is 1.64. The normalized spacial score (nSPS) is 12.1. The number of carbonyl (C=O) groups is 1. The molecule has 0 radical (unpaired) electrons. The van der Waals surface area contributed by atoms with Crippen LogP contribution >= 0.6 is 11.6 Å². The minimum Gasteiger partial charge on any atom is -0.454 e. The van der Waals surface area contributed by atoms with Crippen LogP contribution in [0.2, 0.25) is 5.02 Å². The van der Waals surface area contributed by atoms with Gasteiger partial charge >= 0.3 is 0 Å². The van der Waals surface area contributed by atoms with Crippen LogP contribution in [0.1, 0.15) is 34.8 Å². The lowest BCUT2D eigenvalue weighted by molar-refractivity contribution is 0.0909. The molecule has 1 aromatic carbocycles. The van der Waals surface area contributed by atoms with E-state index in [4.69, 9.17) is 16.0 Å². The van der Waals surface area contributed by atoms with E-state index in [0.717, 1.165) is 5.56 Å². The minimum absolute atomic E-state index is 0.0952. The van der Waals surface area contributed by atoms with Crippen molar-refractivity contribution in [2.45, 2.75) is 19.5 Å². The van der Waals surface area contributed by atoms with Crippen molar-refractivity contribution in [1.82, 2.24) is 15.1 Å². The number of rotatable bonds is 5. The smallest absolute Gasteiger partial charge is 0.287 e. The van der Waals surface area contributed by atoms with Gasteiger partial charge < -0.3 is 9.73 Å². The monoisotopic (exact) mass is 329 g/mol. The predicted molar refractivity (Wildman–Crippen MR) is 87.4 cm³/mol. The Morgan fingerprint density at radius 2 is 2.09 bits per heavy atom. The minimum atomic E-state index is -0.244. The van der Waals surface area contributed by atoms with Crippen molar-refractivity contribution in [3.8, 4) is 0 Å². The summed E-state index contributed by atoms with van der Waals surface area (Å²) in [6.45, 7) is 2.36. The van der Waals surface area contributed by atoms with Gasteiger partial charge in [0, 0.05) is 6.20 Å². The second-order valence-corrected chi connectivity index (χ2v) is 5.66. The van der Waals surface area contributed by atoms with Crippen molar-refractivity contribution in [2.24, 2.45) is 0 Å². The van der Waals surface area contributed by atoms with Crippen molar-refractivity contribution in [2.75, 3.05) is 0 Å². The van der Waals surface area contributed by atoms with Crippen LogP contribution in [0.25, 0.3) is 0 Å². The molecule has 1 N–H and O–H groups in total. The summed E-state index contributed by atoms with van der Waals surface area (Å²) in [7, 11) is 0. The highest BCUT2D eigenvalue weighted by atomic mass is 35.5. The van der Waals surface area contributed by atoms with E-state index in [1.54, 1.807) is 29.2 Å². The van der Waals surface area contributed by atoms with E-state index < -0.39 is 0 Å². The lowest BCUT2D eigenvalue weighted by Gasteiger charge is -2.13. The molecule has 0 aliphatic rings. The van der Waals surface area contributed by atoms with E-state index in [2.05, 4.69) is 10.4 Å². The molecule has 0 bridgehead atoms. The topological polar surface area (TPSA) is 60.1 Å². The summed E-state index contributed by atoms with van der Waals surface area (Å²) in [4.78, 5) is 12.2. The van der Waals surface area contributed by atoms with Crippen LogP contribution in [-0.4, -0.2) is 15.7 Å². The molecule has 0 saturated carbocycles. The van der Waals surface area contributed by atoms with Gasteiger partial charge in [-0.25, -0.2) is 0 Å². The van der Waals surface area contributed by atoms with Crippen molar-refractivity contribution in [3.05, 3.63) is 77.0 Å². The number of hydrogen-bond acceptors (Lipinski definition) is 3. The third-order valence-corrected chi connectivity index (χ3v) is 3.65. The van der Waals surface area contributed by atoms with E-state index >= 15 is 0 Å². The molecule has 0 unspecified atom stereocenters. The number of nitrogens with one attached hydrogen (secondary N) is 1. The Labute approximate surface area is 138 Å². The predicted octanol–water partition coefficient (Wildman–Crippen LogP) is 3.67. The first kappa shape index (κ1) is 15.4. The van der Waals surface area contributed by atoms with Crippen LogP contribution in [-0.2, 0) is 6.54 Å². The molecule has 2 aromatic heterocycles. The number of nitrogens with zero attached hydrogens (tertiary/aromatic N) is 2. The van der Waals surface area contributed by atoms with Crippen LogP contribution in [0.4, 0.5) is 0 Å². The fourth-order valence-electron chi connectivity index (χ4n) is 2.26. The van der Waals surface area contributed by atoms with Gasteiger partial charge in [0.2, 0.25) is 0 Å². The van der Waals surface area contributed by atoms with Crippen molar-refractivity contribution in [3.63, 3.8) is 0 Å². The summed E-state index contributed by atoms with van der Waals surface area (Å²) in [5.41, 5.74) is 1.04. The highest BCUT2D eigenvalue weighted by molar-refractivity contribution is 6.30. The maximum atomic E-state index is 12.2. The average molecular weight is 330 g/mol. The van der Waals surface area contributed by atoms with Crippen molar-refractivity contribution in [1.29, 1.82) is 0 Å². The Morgan fingerprint density at radius 1 is 1.30 bits per heavy atom. The van der Waals surface area contributed by atoms with Gasteiger partial charge in [-0.1, -0.05) is 41.9 Å². The third-order valence-electron chi connectivity index (χ3n) is 3.45. The third kappa shape index (κ3) is 3.81. The largest absolute Gasteiger partial charge is 0.454 e. The van der Waals surface area contributed by atoms with Crippen molar-refractivity contribution < 1.29 is 9.21 Å². The fourth-order valence-corrected chi connectivity index (χ4v) is 2.42. The Bertz CT molecular complexity index is 795. The van der Waals surface area contributed by atoms with Crippen LogP contribution in [0.5, 0.6) is 0 Å². The molecule has 0 aliphatic carbocycles. The van der Waals surface area contributed by atoms with Gasteiger partial charge in [-0.2, -0.15) is 5.10 Å². The quantitative estimate of drug-likeness (QED) is 0.777. The molecule has 2 heterocycles. The van der Waals surface area contributed by atoms with E-state index in [0.29, 0.717) is 17.3 Å². The standard InChI is InChI=1S/C17H16ClN3O2/c1-12(13-5-3-2-4-6-13)20-17(22)16-8-7-15(23-16)11-21-10-14(18)9-19-21/h2-10,12H,11H2,1H3,(H,20,22)/t12-/m0/s1. The fraction of sp³-hybridized carbons (Fsp3) is 0.176. The van der Waals surface area contributed by atoms with E-state index in [1.807, 2.05) is 37.3 Å². The molecule has 0 spiro atoms. The second-order valence-electron chi connectivity index (χ2n) is 5.23. The van der Waals surface area contributed by atoms with Crippen LogP contribution < -0.4 is 5.32 Å². The molecule has 1 amide bonds. The van der Waals surface area contributed by atoms with E-state index in [9.17, 15) is 4.79 Å². The summed E-state index contributed by atoms with van der Waals surface area (Å²) in [6.07, 6.45) is 3.25. The Morgan fingerprint density at radius 3 is 2.78 bits per heavy atom. The second kappa shape index (κ2) is 6.71. The molecule has 6 heteroatoms. The zero-order valence-electron chi connectivity index (χ0n) is 12.6. The van der Waals surface area contributed by atoms with Gasteiger partial charge in [-0.05, 0) is 24.6 Å². The van der Waals surface area contributed by atoms with Gasteiger partial charge in [0.15, 0.2) is 5.76 Å². The van der Waals surface area contributed by atoms with Gasteiger partial charge in [0.1, 0.15) is 5.76 Å². The summed E-state index contributed by atoms with van der Waals surface area (Å²) < 4.78 is 7.23.